The van der Waals surface area contributed by atoms with Gasteiger partial charge in [0.15, 0.2) is 0 Å². The molecule has 2 nitrogen and oxygen atoms in total. The summed E-state index contributed by atoms with van der Waals surface area (Å²) in [5.74, 6) is -0.892. The highest BCUT2D eigenvalue weighted by molar-refractivity contribution is 5.70. The van der Waals surface area contributed by atoms with Gasteiger partial charge in [-0.2, -0.15) is 0 Å². The lowest BCUT2D eigenvalue weighted by molar-refractivity contribution is -0.136. The van der Waals surface area contributed by atoms with E-state index < -0.39 is 12.1 Å². The molecule has 0 bridgehead atoms. The molecule has 0 aromatic heterocycles. The third-order valence-electron chi connectivity index (χ3n) is 2.17. The fourth-order valence-electron chi connectivity index (χ4n) is 1.29. The molecule has 0 radical (unpaired) electrons. The molecule has 0 aliphatic heterocycles. The topological polar surface area (TPSA) is 37.3 Å². The van der Waals surface area contributed by atoms with Crippen molar-refractivity contribution in [3.8, 4) is 0 Å². The molecular formula is C11H13FO2. The smallest absolute Gasteiger partial charge is 0.307 e. The lowest BCUT2D eigenvalue weighted by atomic mass is 10.0. The van der Waals surface area contributed by atoms with E-state index in [4.69, 9.17) is 5.11 Å². The van der Waals surface area contributed by atoms with Crippen LogP contribution in [0.4, 0.5) is 4.39 Å². The van der Waals surface area contributed by atoms with Crippen LogP contribution >= 0.6 is 0 Å². The van der Waals surface area contributed by atoms with Gasteiger partial charge in [0.05, 0.1) is 6.42 Å². The van der Waals surface area contributed by atoms with Crippen LogP contribution < -0.4 is 0 Å². The summed E-state index contributed by atoms with van der Waals surface area (Å²) < 4.78 is 12.9. The van der Waals surface area contributed by atoms with Crippen LogP contribution in [0.15, 0.2) is 18.2 Å². The van der Waals surface area contributed by atoms with Crippen LogP contribution in [0.5, 0.6) is 0 Å². The lowest BCUT2D eigenvalue weighted by Gasteiger charge is -2.07. The Morgan fingerprint density at radius 2 is 2.21 bits per heavy atom. The van der Waals surface area contributed by atoms with Crippen molar-refractivity contribution in [2.75, 3.05) is 0 Å². The molecule has 0 saturated heterocycles. The van der Waals surface area contributed by atoms with Crippen LogP contribution in [0.1, 0.15) is 29.8 Å². The molecule has 0 aliphatic rings. The van der Waals surface area contributed by atoms with Gasteiger partial charge in [-0.25, -0.2) is 4.39 Å². The van der Waals surface area contributed by atoms with E-state index >= 15 is 0 Å². The molecule has 0 amide bonds. The second kappa shape index (κ2) is 4.22. The van der Waals surface area contributed by atoms with Gasteiger partial charge in [0, 0.05) is 0 Å². The summed E-state index contributed by atoms with van der Waals surface area (Å²) in [5.41, 5.74) is 2.10. The van der Waals surface area contributed by atoms with E-state index in [0.717, 1.165) is 5.56 Å². The van der Waals surface area contributed by atoms with Gasteiger partial charge in [0.2, 0.25) is 0 Å². The Bertz CT molecular complexity index is 345. The number of carboxylic acids is 1. The normalized spacial score (nSPS) is 12.5. The van der Waals surface area contributed by atoms with E-state index in [1.807, 2.05) is 6.92 Å². The first-order chi connectivity index (χ1) is 6.50. The molecule has 0 spiro atoms. The summed E-state index contributed by atoms with van der Waals surface area (Å²) in [5, 5.41) is 8.63. The van der Waals surface area contributed by atoms with Gasteiger partial charge < -0.3 is 5.11 Å². The fraction of sp³-hybridized carbons (Fsp3) is 0.364. The standard InChI is InChI=1S/C11H13FO2/c1-7-3-4-9(8(2)12)5-10(7)6-11(13)14/h3-5,8H,6H2,1-2H3,(H,13,14). The summed E-state index contributed by atoms with van der Waals surface area (Å²) in [6, 6.07) is 5.06. The van der Waals surface area contributed by atoms with Gasteiger partial charge >= 0.3 is 5.97 Å². The molecule has 1 rings (SSSR count). The minimum Gasteiger partial charge on any atom is -0.481 e. The summed E-state index contributed by atoms with van der Waals surface area (Å²) in [7, 11) is 0. The van der Waals surface area contributed by atoms with Crippen LogP contribution in [-0.4, -0.2) is 11.1 Å². The zero-order valence-electron chi connectivity index (χ0n) is 8.25. The van der Waals surface area contributed by atoms with Crippen molar-refractivity contribution >= 4 is 5.97 Å². The van der Waals surface area contributed by atoms with Crippen LogP contribution in [0.25, 0.3) is 0 Å². The maximum atomic E-state index is 12.9. The van der Waals surface area contributed by atoms with E-state index in [0.29, 0.717) is 11.1 Å². The molecule has 1 aromatic rings. The van der Waals surface area contributed by atoms with Crippen LogP contribution in [-0.2, 0) is 11.2 Å². The third kappa shape index (κ3) is 2.55. The highest BCUT2D eigenvalue weighted by atomic mass is 19.1. The number of carboxylic acid groups (broad SMARTS) is 1. The Labute approximate surface area is 82.4 Å². The Kier molecular flexibility index (Phi) is 3.23. The van der Waals surface area contributed by atoms with E-state index in [1.54, 1.807) is 18.2 Å². The summed E-state index contributed by atoms with van der Waals surface area (Å²) in [6.45, 7) is 3.26. The fourth-order valence-corrected chi connectivity index (χ4v) is 1.29. The minimum absolute atomic E-state index is 0.0492. The van der Waals surface area contributed by atoms with Crippen LogP contribution in [0.2, 0.25) is 0 Å². The average molecular weight is 196 g/mol. The molecule has 0 heterocycles. The molecule has 1 unspecified atom stereocenters. The van der Waals surface area contributed by atoms with Crippen LogP contribution in [0.3, 0.4) is 0 Å². The van der Waals surface area contributed by atoms with Crippen molar-refractivity contribution in [1.29, 1.82) is 0 Å². The Morgan fingerprint density at radius 3 is 2.71 bits per heavy atom. The van der Waals surface area contributed by atoms with Crippen molar-refractivity contribution in [2.24, 2.45) is 0 Å². The predicted molar refractivity (Wildman–Crippen MR) is 52.0 cm³/mol. The molecule has 0 fully saturated rings. The molecule has 0 aliphatic carbocycles. The Morgan fingerprint density at radius 1 is 1.57 bits per heavy atom. The van der Waals surface area contributed by atoms with Crippen molar-refractivity contribution in [3.63, 3.8) is 0 Å². The Balaban J connectivity index is 3.02. The van der Waals surface area contributed by atoms with Crippen molar-refractivity contribution in [3.05, 3.63) is 34.9 Å². The van der Waals surface area contributed by atoms with Crippen molar-refractivity contribution in [2.45, 2.75) is 26.4 Å². The number of rotatable bonds is 3. The Hall–Kier alpha value is -1.38. The minimum atomic E-state index is -1.05. The quantitative estimate of drug-likeness (QED) is 0.806. The van der Waals surface area contributed by atoms with Gasteiger partial charge in [0.1, 0.15) is 6.17 Å². The summed E-state index contributed by atoms with van der Waals surface area (Å²) >= 11 is 0. The van der Waals surface area contributed by atoms with E-state index in [2.05, 4.69) is 0 Å². The zero-order valence-corrected chi connectivity index (χ0v) is 8.25. The van der Waals surface area contributed by atoms with E-state index in [9.17, 15) is 9.18 Å². The monoisotopic (exact) mass is 196 g/mol. The molecule has 1 aromatic carbocycles. The highest BCUT2D eigenvalue weighted by Gasteiger charge is 2.08. The molecule has 0 saturated carbocycles. The number of hydrogen-bond donors (Lipinski definition) is 1. The molecule has 1 atom stereocenters. The van der Waals surface area contributed by atoms with Crippen molar-refractivity contribution < 1.29 is 14.3 Å². The zero-order chi connectivity index (χ0) is 10.7. The largest absolute Gasteiger partial charge is 0.481 e. The van der Waals surface area contributed by atoms with Crippen molar-refractivity contribution in [1.82, 2.24) is 0 Å². The van der Waals surface area contributed by atoms with Gasteiger partial charge in [-0.15, -0.1) is 0 Å². The van der Waals surface area contributed by atoms with Gasteiger partial charge in [-0.05, 0) is 30.5 Å². The molecule has 1 N–H and O–H groups in total. The first-order valence-corrected chi connectivity index (χ1v) is 4.46. The SMILES string of the molecule is Cc1ccc(C(C)F)cc1CC(=O)O. The van der Waals surface area contributed by atoms with E-state index in [-0.39, 0.29) is 6.42 Å². The molecule has 14 heavy (non-hydrogen) atoms. The second-order valence-corrected chi connectivity index (χ2v) is 3.37. The molecule has 76 valence electrons. The lowest BCUT2D eigenvalue weighted by Crippen LogP contribution is -2.03. The maximum absolute atomic E-state index is 12.9. The first-order valence-electron chi connectivity index (χ1n) is 4.46. The molecular weight excluding hydrogens is 183 g/mol. The second-order valence-electron chi connectivity index (χ2n) is 3.37. The van der Waals surface area contributed by atoms with Gasteiger partial charge in [-0.1, -0.05) is 18.2 Å². The number of halogens is 1. The number of aryl methyl sites for hydroxylation is 1. The number of carbonyl (C=O) groups is 1. The number of hydrogen-bond acceptors (Lipinski definition) is 1. The van der Waals surface area contributed by atoms with Gasteiger partial charge in [-0.3, -0.25) is 4.79 Å². The number of aliphatic carboxylic acids is 1. The first kappa shape index (κ1) is 10.7. The maximum Gasteiger partial charge on any atom is 0.307 e. The summed E-state index contributed by atoms with van der Waals surface area (Å²) in [6.07, 6.45) is -1.10. The average Bonchev–Trinajstić information content (AvgIpc) is 2.07. The third-order valence-corrected chi connectivity index (χ3v) is 2.17. The molecule has 3 heteroatoms. The van der Waals surface area contributed by atoms with E-state index in [1.165, 1.54) is 6.92 Å². The van der Waals surface area contributed by atoms with Gasteiger partial charge in [0.25, 0.3) is 0 Å². The van der Waals surface area contributed by atoms with Crippen LogP contribution in [0, 0.1) is 6.92 Å². The number of benzene rings is 1. The predicted octanol–water partition coefficient (Wildman–Crippen LogP) is 2.65. The summed E-state index contributed by atoms with van der Waals surface area (Å²) in [4.78, 5) is 10.5. The number of alkyl halides is 1. The highest BCUT2D eigenvalue weighted by Crippen LogP contribution is 2.20.